The summed E-state index contributed by atoms with van der Waals surface area (Å²) in [5.74, 6) is 1.23. The summed E-state index contributed by atoms with van der Waals surface area (Å²) in [6.07, 6.45) is 3.02. The number of aryl methyl sites for hydroxylation is 1. The van der Waals surface area contributed by atoms with Gasteiger partial charge >= 0.3 is 5.97 Å². The summed E-state index contributed by atoms with van der Waals surface area (Å²) in [4.78, 5) is 16.5. The summed E-state index contributed by atoms with van der Waals surface area (Å²) < 4.78 is 12.3. The summed E-state index contributed by atoms with van der Waals surface area (Å²) in [6.45, 7) is 2.42. The number of oxazole rings is 1. The number of rotatable bonds is 9. The SMILES string of the molecule is CCC(C(=O)O)C1CCc2cc(OCCc3nc(-c4ccccc4)oc3-c3ccccc3)ccc21. The average Bonchev–Trinajstić information content (AvgIpc) is 3.50. The molecule has 0 radical (unpaired) electrons. The predicted octanol–water partition coefficient (Wildman–Crippen LogP) is 6.77. The smallest absolute Gasteiger partial charge is 0.307 e. The molecule has 0 amide bonds. The van der Waals surface area contributed by atoms with E-state index in [0.29, 0.717) is 25.3 Å². The van der Waals surface area contributed by atoms with Gasteiger partial charge in [0.05, 0.1) is 18.2 Å². The molecule has 5 nitrogen and oxygen atoms in total. The predicted molar refractivity (Wildman–Crippen MR) is 135 cm³/mol. The van der Waals surface area contributed by atoms with Crippen LogP contribution in [0.2, 0.25) is 0 Å². The first-order chi connectivity index (χ1) is 17.1. The molecule has 4 aromatic rings. The van der Waals surface area contributed by atoms with Crippen molar-refractivity contribution in [1.82, 2.24) is 4.98 Å². The number of nitrogens with zero attached hydrogens (tertiary/aromatic N) is 1. The van der Waals surface area contributed by atoms with Crippen molar-refractivity contribution in [3.05, 3.63) is 95.7 Å². The Morgan fingerprint density at radius 3 is 2.46 bits per heavy atom. The molecule has 5 rings (SSSR count). The van der Waals surface area contributed by atoms with Gasteiger partial charge < -0.3 is 14.3 Å². The third-order valence-corrected chi connectivity index (χ3v) is 6.84. The minimum Gasteiger partial charge on any atom is -0.493 e. The first kappa shape index (κ1) is 22.9. The highest BCUT2D eigenvalue weighted by Gasteiger charge is 2.33. The van der Waals surface area contributed by atoms with Crippen LogP contribution in [-0.2, 0) is 17.6 Å². The summed E-state index contributed by atoms with van der Waals surface area (Å²) in [5, 5.41) is 9.58. The molecule has 1 aliphatic rings. The normalized spacial score (nSPS) is 15.5. The van der Waals surface area contributed by atoms with Crippen LogP contribution < -0.4 is 4.74 Å². The zero-order valence-electron chi connectivity index (χ0n) is 19.8. The Morgan fingerprint density at radius 2 is 1.77 bits per heavy atom. The molecule has 1 heterocycles. The third-order valence-electron chi connectivity index (χ3n) is 6.84. The highest BCUT2D eigenvalue weighted by molar-refractivity contribution is 5.72. The molecule has 1 aromatic heterocycles. The van der Waals surface area contributed by atoms with Crippen LogP contribution in [0.4, 0.5) is 0 Å². The zero-order chi connectivity index (χ0) is 24.2. The van der Waals surface area contributed by atoms with Gasteiger partial charge in [0.1, 0.15) is 5.75 Å². The van der Waals surface area contributed by atoms with E-state index in [2.05, 4.69) is 6.07 Å². The number of aliphatic carboxylic acids is 1. The topological polar surface area (TPSA) is 72.6 Å². The van der Waals surface area contributed by atoms with E-state index in [4.69, 9.17) is 14.1 Å². The number of benzene rings is 3. The molecule has 0 bridgehead atoms. The van der Waals surface area contributed by atoms with Crippen LogP contribution in [-0.4, -0.2) is 22.7 Å². The van der Waals surface area contributed by atoms with Gasteiger partial charge in [-0.25, -0.2) is 4.98 Å². The van der Waals surface area contributed by atoms with E-state index in [0.717, 1.165) is 46.7 Å². The van der Waals surface area contributed by atoms with E-state index >= 15 is 0 Å². The van der Waals surface area contributed by atoms with Crippen LogP contribution in [0, 0.1) is 5.92 Å². The molecule has 0 aliphatic heterocycles. The van der Waals surface area contributed by atoms with E-state index in [1.807, 2.05) is 79.7 Å². The fraction of sp³-hybridized carbons (Fsp3) is 0.267. The second kappa shape index (κ2) is 10.2. The summed E-state index contributed by atoms with van der Waals surface area (Å²) >= 11 is 0. The number of aromatic nitrogens is 1. The Labute approximate surface area is 205 Å². The molecular weight excluding hydrogens is 438 g/mol. The lowest BCUT2D eigenvalue weighted by Crippen LogP contribution is -2.19. The van der Waals surface area contributed by atoms with Gasteiger partial charge in [-0.15, -0.1) is 0 Å². The Hall–Kier alpha value is -3.86. The fourth-order valence-electron chi connectivity index (χ4n) is 5.07. The van der Waals surface area contributed by atoms with Crippen molar-refractivity contribution in [2.75, 3.05) is 6.61 Å². The van der Waals surface area contributed by atoms with E-state index < -0.39 is 5.97 Å². The lowest BCUT2D eigenvalue weighted by atomic mass is 9.85. The van der Waals surface area contributed by atoms with Gasteiger partial charge in [0, 0.05) is 17.5 Å². The van der Waals surface area contributed by atoms with Crippen molar-refractivity contribution in [1.29, 1.82) is 0 Å². The van der Waals surface area contributed by atoms with Crippen molar-refractivity contribution in [2.45, 2.75) is 38.5 Å². The Morgan fingerprint density at radius 1 is 1.06 bits per heavy atom. The van der Waals surface area contributed by atoms with Crippen LogP contribution >= 0.6 is 0 Å². The van der Waals surface area contributed by atoms with Crippen molar-refractivity contribution < 1.29 is 19.1 Å². The minimum atomic E-state index is -0.706. The standard InChI is InChI=1S/C30H29NO4/c1-2-24(30(32)33)26-15-13-22-19-23(14-16-25(22)26)34-18-17-27-28(20-9-5-3-6-10-20)35-29(31-27)21-11-7-4-8-12-21/h3-12,14,16,19,24,26H,2,13,15,17-18H2,1H3,(H,32,33). The Balaban J connectivity index is 1.32. The van der Waals surface area contributed by atoms with Crippen LogP contribution in [0.5, 0.6) is 5.75 Å². The first-order valence-corrected chi connectivity index (χ1v) is 12.2. The highest BCUT2D eigenvalue weighted by Crippen LogP contribution is 2.41. The molecule has 2 unspecified atom stereocenters. The van der Waals surface area contributed by atoms with Gasteiger partial charge in [-0.2, -0.15) is 0 Å². The van der Waals surface area contributed by atoms with Gasteiger partial charge in [-0.05, 0) is 60.6 Å². The number of carbonyl (C=O) groups is 1. The molecule has 0 saturated carbocycles. The average molecular weight is 468 g/mol. The van der Waals surface area contributed by atoms with Gasteiger partial charge in [-0.1, -0.05) is 61.5 Å². The second-order valence-corrected chi connectivity index (χ2v) is 8.98. The molecule has 0 saturated heterocycles. The maximum atomic E-state index is 11.7. The maximum Gasteiger partial charge on any atom is 0.307 e. The van der Waals surface area contributed by atoms with E-state index in [1.54, 1.807) is 0 Å². The van der Waals surface area contributed by atoms with Crippen LogP contribution in [0.15, 0.2) is 83.3 Å². The summed E-state index contributed by atoms with van der Waals surface area (Å²) in [6, 6.07) is 26.0. The first-order valence-electron chi connectivity index (χ1n) is 12.2. The molecular formula is C30H29NO4. The van der Waals surface area contributed by atoms with Gasteiger partial charge in [-0.3, -0.25) is 4.79 Å². The van der Waals surface area contributed by atoms with Gasteiger partial charge in [0.2, 0.25) is 5.89 Å². The van der Waals surface area contributed by atoms with E-state index in [-0.39, 0.29) is 11.8 Å². The summed E-state index contributed by atoms with van der Waals surface area (Å²) in [5.41, 5.74) is 5.15. The third kappa shape index (κ3) is 4.85. The molecule has 1 N–H and O–H groups in total. The van der Waals surface area contributed by atoms with Crippen molar-refractivity contribution in [3.63, 3.8) is 0 Å². The monoisotopic (exact) mass is 467 g/mol. The minimum absolute atomic E-state index is 0.0847. The van der Waals surface area contributed by atoms with E-state index in [9.17, 15) is 9.90 Å². The number of hydrogen-bond donors (Lipinski definition) is 1. The van der Waals surface area contributed by atoms with Crippen LogP contribution in [0.25, 0.3) is 22.8 Å². The molecule has 35 heavy (non-hydrogen) atoms. The number of carboxylic acid groups (broad SMARTS) is 1. The Bertz CT molecular complexity index is 1300. The number of ether oxygens (including phenoxy) is 1. The molecule has 5 heteroatoms. The molecule has 178 valence electrons. The quantitative estimate of drug-likeness (QED) is 0.294. The largest absolute Gasteiger partial charge is 0.493 e. The van der Waals surface area contributed by atoms with Crippen molar-refractivity contribution in [2.24, 2.45) is 5.92 Å². The number of carboxylic acids is 1. The van der Waals surface area contributed by atoms with Crippen molar-refractivity contribution >= 4 is 5.97 Å². The summed E-state index contributed by atoms with van der Waals surface area (Å²) in [7, 11) is 0. The second-order valence-electron chi connectivity index (χ2n) is 8.98. The lowest BCUT2D eigenvalue weighted by Gasteiger charge is -2.19. The Kier molecular flexibility index (Phi) is 6.66. The molecule has 0 spiro atoms. The van der Waals surface area contributed by atoms with Crippen molar-refractivity contribution in [3.8, 4) is 28.5 Å². The van der Waals surface area contributed by atoms with Gasteiger partial charge in [0.15, 0.2) is 5.76 Å². The zero-order valence-corrected chi connectivity index (χ0v) is 19.8. The number of hydrogen-bond acceptors (Lipinski definition) is 4. The lowest BCUT2D eigenvalue weighted by molar-refractivity contribution is -0.142. The molecule has 2 atom stereocenters. The van der Waals surface area contributed by atoms with Crippen LogP contribution in [0.1, 0.15) is 42.5 Å². The molecule has 3 aromatic carbocycles. The van der Waals surface area contributed by atoms with Crippen LogP contribution in [0.3, 0.4) is 0 Å². The highest BCUT2D eigenvalue weighted by atomic mass is 16.5. The van der Waals surface area contributed by atoms with Gasteiger partial charge in [0.25, 0.3) is 0 Å². The number of fused-ring (bicyclic) bond motifs is 1. The fourth-order valence-corrected chi connectivity index (χ4v) is 5.07. The molecule has 0 fully saturated rings. The molecule has 1 aliphatic carbocycles. The maximum absolute atomic E-state index is 11.7. The van der Waals surface area contributed by atoms with E-state index in [1.165, 1.54) is 5.56 Å².